The van der Waals surface area contributed by atoms with E-state index < -0.39 is 40.3 Å². The van der Waals surface area contributed by atoms with Crippen LogP contribution in [0.25, 0.3) is 10.8 Å². The number of fused-ring (bicyclic) bond motifs is 1. The third-order valence-electron chi connectivity index (χ3n) is 8.10. The third kappa shape index (κ3) is 8.21. The second kappa shape index (κ2) is 14.9. The molecule has 0 bridgehead atoms. The Balaban J connectivity index is 0.00000552. The van der Waals surface area contributed by atoms with Gasteiger partial charge in [0.1, 0.15) is 23.7 Å². The Hall–Kier alpha value is -3.94. The molecule has 0 saturated carbocycles. The van der Waals surface area contributed by atoms with Crippen LogP contribution in [0.5, 0.6) is 5.75 Å². The second-order valence-electron chi connectivity index (χ2n) is 11.2. The first-order chi connectivity index (χ1) is 20.8. The van der Waals surface area contributed by atoms with Gasteiger partial charge in [-0.3, -0.25) is 14.4 Å². The summed E-state index contributed by atoms with van der Waals surface area (Å²) in [5.74, 6) is -1.05. The highest BCUT2D eigenvalue weighted by Crippen LogP contribution is 2.30. The highest BCUT2D eigenvalue weighted by Gasteiger charge is 2.32. The van der Waals surface area contributed by atoms with E-state index in [1.54, 1.807) is 37.9 Å². The third-order valence-corrected chi connectivity index (χ3v) is 9.86. The van der Waals surface area contributed by atoms with E-state index in [0.717, 1.165) is 35.6 Å². The molecule has 1 unspecified atom stereocenters. The van der Waals surface area contributed by atoms with Crippen LogP contribution in [0.4, 0.5) is 5.82 Å². The molecule has 45 heavy (non-hydrogen) atoms. The Kier molecular flexibility index (Phi) is 11.8. The van der Waals surface area contributed by atoms with Crippen molar-refractivity contribution >= 4 is 56.7 Å². The molecule has 1 aliphatic heterocycles. The zero-order valence-corrected chi connectivity index (χ0v) is 27.5. The van der Waals surface area contributed by atoms with Crippen LogP contribution < -0.4 is 26.2 Å². The number of nitrogen functional groups attached to an aromatic ring is 1. The molecule has 2 atom stereocenters. The van der Waals surface area contributed by atoms with Gasteiger partial charge in [0.15, 0.2) is 0 Å². The average molecular weight is 661 g/mol. The molecule has 2 aromatic carbocycles. The Morgan fingerprint density at radius 1 is 1.02 bits per heavy atom. The highest BCUT2D eigenvalue weighted by molar-refractivity contribution is 7.89. The predicted octanol–water partition coefficient (Wildman–Crippen LogP) is 2.43. The molecule has 6 N–H and O–H groups in total. The van der Waals surface area contributed by atoms with Gasteiger partial charge in [-0.1, -0.05) is 18.2 Å². The summed E-state index contributed by atoms with van der Waals surface area (Å²) < 4.78 is 34.6. The molecular formula is C31H41ClN6O6S. The fourth-order valence-electron chi connectivity index (χ4n) is 5.68. The molecule has 2 heterocycles. The molecular weight excluding hydrogens is 620 g/mol. The summed E-state index contributed by atoms with van der Waals surface area (Å²) in [5.41, 5.74) is 13.8. The fraction of sp³-hybridized carbons (Fsp3) is 0.419. The number of halogens is 1. The van der Waals surface area contributed by atoms with Crippen molar-refractivity contribution in [2.24, 2.45) is 5.73 Å². The number of ether oxygens (including phenoxy) is 1. The Bertz CT molecular complexity index is 1690. The van der Waals surface area contributed by atoms with Crippen molar-refractivity contribution in [2.75, 3.05) is 25.9 Å². The average Bonchev–Trinajstić information content (AvgIpc) is 2.98. The van der Waals surface area contributed by atoms with Crippen LogP contribution in [-0.4, -0.2) is 68.3 Å². The van der Waals surface area contributed by atoms with E-state index in [9.17, 15) is 22.8 Å². The van der Waals surface area contributed by atoms with Gasteiger partial charge in [-0.05, 0) is 79.8 Å². The zero-order valence-electron chi connectivity index (χ0n) is 25.9. The molecule has 0 radical (unpaired) electrons. The van der Waals surface area contributed by atoms with E-state index in [0.29, 0.717) is 41.3 Å². The van der Waals surface area contributed by atoms with Gasteiger partial charge in [-0.15, -0.1) is 12.4 Å². The number of primary amides is 1. The van der Waals surface area contributed by atoms with Crippen LogP contribution in [-0.2, 0) is 30.8 Å². The number of hydrogen-bond acceptors (Lipinski definition) is 8. The molecule has 3 amide bonds. The van der Waals surface area contributed by atoms with Crippen molar-refractivity contribution in [3.8, 4) is 5.75 Å². The summed E-state index contributed by atoms with van der Waals surface area (Å²) in [7, 11) is -2.78. The number of piperidine rings is 1. The minimum absolute atomic E-state index is 0. The van der Waals surface area contributed by atoms with Crippen LogP contribution in [0.3, 0.4) is 0 Å². The summed E-state index contributed by atoms with van der Waals surface area (Å²) in [4.78, 5) is 45.2. The standard InChI is InChI=1S/C31H40N6O6S.ClH/c1-18-14-26(43-4)19(2)20(3)28(18)44(41,42)36-24(30(33)39)17-27(38)35-25(31(40)37-12-6-5-7-13-37)16-21-8-9-23-22(15-21)10-11-34-29(23)32;/h8-11,14-15,24-25,36H,5-7,12-13,16-17H2,1-4H3,(H2,32,34)(H2,33,39)(H,35,38);1H/t24-,25?;/m0./s1. The maximum atomic E-state index is 13.6. The van der Waals surface area contributed by atoms with Crippen molar-refractivity contribution in [3.63, 3.8) is 0 Å². The minimum atomic E-state index is -4.27. The van der Waals surface area contributed by atoms with Crippen LogP contribution >= 0.6 is 12.4 Å². The molecule has 4 rings (SSSR count). The van der Waals surface area contributed by atoms with Crippen molar-refractivity contribution in [1.29, 1.82) is 0 Å². The van der Waals surface area contributed by atoms with Gasteiger partial charge in [0.2, 0.25) is 27.7 Å². The van der Waals surface area contributed by atoms with E-state index in [4.69, 9.17) is 16.2 Å². The SMILES string of the molecule is COc1cc(C)c(S(=O)(=O)N[C@@H](CC(=O)NC(Cc2ccc3c(N)nccc3c2)C(=O)N2CCCCC2)C(N)=O)c(C)c1C.Cl. The number of amides is 3. The number of pyridine rings is 1. The number of likely N-dealkylation sites (tertiary alicyclic amines) is 1. The normalized spacial score (nSPS) is 14.7. The monoisotopic (exact) mass is 660 g/mol. The number of aromatic nitrogens is 1. The van der Waals surface area contributed by atoms with Gasteiger partial charge in [0.25, 0.3) is 0 Å². The smallest absolute Gasteiger partial charge is 0.245 e. The lowest BCUT2D eigenvalue weighted by atomic mass is 10.00. The molecule has 1 aromatic heterocycles. The summed E-state index contributed by atoms with van der Waals surface area (Å²) >= 11 is 0. The predicted molar refractivity (Wildman–Crippen MR) is 175 cm³/mol. The number of methoxy groups -OCH3 is 1. The summed E-state index contributed by atoms with van der Waals surface area (Å²) in [6, 6.07) is 6.44. The number of nitrogens with zero attached hydrogens (tertiary/aromatic N) is 2. The number of carbonyl (C=O) groups is 3. The first kappa shape index (κ1) is 35.5. The Labute approximate surface area is 269 Å². The van der Waals surface area contributed by atoms with Gasteiger partial charge in [0.05, 0.1) is 18.4 Å². The largest absolute Gasteiger partial charge is 0.496 e. The molecule has 0 aliphatic carbocycles. The van der Waals surface area contributed by atoms with E-state index >= 15 is 0 Å². The summed E-state index contributed by atoms with van der Waals surface area (Å²) in [6.07, 6.45) is 3.93. The van der Waals surface area contributed by atoms with E-state index in [1.165, 1.54) is 7.11 Å². The number of hydrogen-bond donors (Lipinski definition) is 4. The van der Waals surface area contributed by atoms with Crippen molar-refractivity contribution in [3.05, 3.63) is 58.8 Å². The lowest BCUT2D eigenvalue weighted by Crippen LogP contribution is -2.53. The maximum absolute atomic E-state index is 13.6. The van der Waals surface area contributed by atoms with Crippen molar-refractivity contribution in [2.45, 2.75) is 69.9 Å². The number of rotatable bonds is 11. The maximum Gasteiger partial charge on any atom is 0.245 e. The van der Waals surface area contributed by atoms with Crippen molar-refractivity contribution in [1.82, 2.24) is 19.9 Å². The van der Waals surface area contributed by atoms with E-state index in [1.807, 2.05) is 24.3 Å². The number of benzene rings is 2. The molecule has 244 valence electrons. The lowest BCUT2D eigenvalue weighted by Gasteiger charge is -2.31. The number of nitrogens with one attached hydrogen (secondary N) is 2. The molecule has 1 saturated heterocycles. The van der Waals surface area contributed by atoms with Crippen LogP contribution in [0, 0.1) is 20.8 Å². The molecule has 12 nitrogen and oxygen atoms in total. The van der Waals surface area contributed by atoms with Crippen LogP contribution in [0.1, 0.15) is 47.9 Å². The first-order valence-electron chi connectivity index (χ1n) is 14.5. The van der Waals surface area contributed by atoms with E-state index in [-0.39, 0.29) is 29.6 Å². The molecule has 0 spiro atoms. The number of nitrogens with two attached hydrogens (primary N) is 2. The Morgan fingerprint density at radius 3 is 2.36 bits per heavy atom. The zero-order chi connectivity index (χ0) is 32.2. The van der Waals surface area contributed by atoms with Gasteiger partial charge >= 0.3 is 0 Å². The van der Waals surface area contributed by atoms with Crippen molar-refractivity contribution < 1.29 is 27.5 Å². The van der Waals surface area contributed by atoms with Gasteiger partial charge in [-0.2, -0.15) is 4.72 Å². The Morgan fingerprint density at radius 2 is 1.71 bits per heavy atom. The quantitative estimate of drug-likeness (QED) is 0.241. The summed E-state index contributed by atoms with van der Waals surface area (Å²) in [5, 5.41) is 4.37. The molecule has 3 aromatic rings. The van der Waals surface area contributed by atoms with Gasteiger partial charge in [-0.25, -0.2) is 13.4 Å². The van der Waals surface area contributed by atoms with Gasteiger partial charge < -0.3 is 26.4 Å². The number of aryl methyl sites for hydroxylation is 1. The number of anilines is 1. The van der Waals surface area contributed by atoms with Gasteiger partial charge in [0, 0.05) is 31.1 Å². The lowest BCUT2D eigenvalue weighted by molar-refractivity contribution is -0.137. The van der Waals surface area contributed by atoms with E-state index in [2.05, 4.69) is 15.0 Å². The fourth-order valence-corrected chi connectivity index (χ4v) is 7.41. The number of sulfonamides is 1. The highest BCUT2D eigenvalue weighted by atomic mass is 35.5. The first-order valence-corrected chi connectivity index (χ1v) is 16.0. The van der Waals surface area contributed by atoms with Crippen LogP contribution in [0.15, 0.2) is 41.4 Å². The minimum Gasteiger partial charge on any atom is -0.496 e. The summed E-state index contributed by atoms with van der Waals surface area (Å²) in [6.45, 7) is 6.14. The van der Waals surface area contributed by atoms with Crippen LogP contribution in [0.2, 0.25) is 0 Å². The number of carbonyl (C=O) groups excluding carboxylic acids is 3. The topological polar surface area (TPSA) is 187 Å². The molecule has 1 fully saturated rings. The second-order valence-corrected chi connectivity index (χ2v) is 12.9. The molecule has 14 heteroatoms. The molecule has 1 aliphatic rings.